The third-order valence-corrected chi connectivity index (χ3v) is 5.28. The Kier molecular flexibility index (Phi) is 5.08. The minimum atomic E-state index is 0.348. The summed E-state index contributed by atoms with van der Waals surface area (Å²) in [5.41, 5.74) is 0. The quantitative estimate of drug-likeness (QED) is 0.847. The molecule has 122 valence electrons. The molecule has 22 heavy (non-hydrogen) atoms. The molecule has 0 atom stereocenters. The number of likely N-dealkylation sites (tertiary alicyclic amines) is 2. The molecule has 0 aromatic carbocycles. The van der Waals surface area contributed by atoms with E-state index in [2.05, 4.69) is 31.6 Å². The Morgan fingerprint density at radius 2 is 1.68 bits per heavy atom. The van der Waals surface area contributed by atoms with Gasteiger partial charge in [0.1, 0.15) is 12.7 Å². The summed E-state index contributed by atoms with van der Waals surface area (Å²) in [7, 11) is 2.18. The van der Waals surface area contributed by atoms with Gasteiger partial charge in [-0.05, 0) is 58.2 Å². The first-order valence-corrected chi connectivity index (χ1v) is 8.53. The average molecular weight is 305 g/mol. The van der Waals surface area contributed by atoms with Gasteiger partial charge in [0, 0.05) is 25.6 Å². The van der Waals surface area contributed by atoms with Gasteiger partial charge in [-0.3, -0.25) is 4.79 Å². The smallest absolute Gasteiger partial charge is 0.222 e. The van der Waals surface area contributed by atoms with Crippen molar-refractivity contribution in [3.05, 3.63) is 12.7 Å². The summed E-state index contributed by atoms with van der Waals surface area (Å²) in [6.45, 7) is 4.11. The fourth-order valence-electron chi connectivity index (χ4n) is 3.65. The van der Waals surface area contributed by atoms with Crippen LogP contribution in [-0.4, -0.2) is 63.7 Å². The van der Waals surface area contributed by atoms with Gasteiger partial charge in [-0.25, -0.2) is 0 Å². The monoisotopic (exact) mass is 305 g/mol. The molecule has 0 aliphatic carbocycles. The van der Waals surface area contributed by atoms with Crippen LogP contribution < -0.4 is 0 Å². The topological polar surface area (TPSA) is 54.3 Å². The summed E-state index contributed by atoms with van der Waals surface area (Å²) in [5, 5.41) is 7.73. The molecule has 0 radical (unpaired) electrons. The van der Waals surface area contributed by atoms with Crippen molar-refractivity contribution >= 4 is 5.91 Å². The second kappa shape index (κ2) is 7.22. The molecule has 6 heteroatoms. The summed E-state index contributed by atoms with van der Waals surface area (Å²) in [5.74, 6) is 1.09. The zero-order valence-electron chi connectivity index (χ0n) is 13.5. The summed E-state index contributed by atoms with van der Waals surface area (Å²) in [6.07, 6.45) is 9.88. The van der Waals surface area contributed by atoms with E-state index in [1.165, 1.54) is 25.9 Å². The molecule has 0 bridgehead atoms. The highest BCUT2D eigenvalue weighted by molar-refractivity contribution is 5.76. The summed E-state index contributed by atoms with van der Waals surface area (Å²) in [6, 6.07) is 0.452. The molecule has 2 aliphatic rings. The first kappa shape index (κ1) is 15.5. The number of piperidine rings is 2. The summed E-state index contributed by atoms with van der Waals surface area (Å²) < 4.78 is 2.07. The number of hydrogen-bond donors (Lipinski definition) is 0. The zero-order valence-corrected chi connectivity index (χ0v) is 13.5. The predicted octanol–water partition coefficient (Wildman–Crippen LogP) is 1.56. The van der Waals surface area contributed by atoms with Gasteiger partial charge in [0.2, 0.25) is 5.91 Å². The minimum absolute atomic E-state index is 0.348. The SMILES string of the molecule is CN1CCC(CCC(=O)N2CCC(n3cnnc3)CC2)CC1. The average Bonchev–Trinajstić information content (AvgIpc) is 3.09. The van der Waals surface area contributed by atoms with E-state index in [4.69, 9.17) is 0 Å². The highest BCUT2D eigenvalue weighted by Gasteiger charge is 2.24. The molecule has 1 aromatic rings. The van der Waals surface area contributed by atoms with Crippen molar-refractivity contribution < 1.29 is 4.79 Å². The second-order valence-electron chi connectivity index (χ2n) is 6.81. The molecule has 3 rings (SSSR count). The van der Waals surface area contributed by atoms with Crippen molar-refractivity contribution in [2.75, 3.05) is 33.2 Å². The normalized spacial score (nSPS) is 22.1. The lowest BCUT2D eigenvalue weighted by Crippen LogP contribution is -2.39. The predicted molar refractivity (Wildman–Crippen MR) is 84.3 cm³/mol. The number of nitrogens with zero attached hydrogens (tertiary/aromatic N) is 5. The number of aromatic nitrogens is 3. The molecule has 0 saturated carbocycles. The van der Waals surface area contributed by atoms with Gasteiger partial charge in [-0.1, -0.05) is 0 Å². The van der Waals surface area contributed by atoms with E-state index in [9.17, 15) is 4.79 Å². The Hall–Kier alpha value is -1.43. The Labute approximate surface area is 132 Å². The molecule has 3 heterocycles. The van der Waals surface area contributed by atoms with Crippen molar-refractivity contribution in [1.29, 1.82) is 0 Å². The highest BCUT2D eigenvalue weighted by atomic mass is 16.2. The molecule has 1 aromatic heterocycles. The van der Waals surface area contributed by atoms with Crippen molar-refractivity contribution in [3.63, 3.8) is 0 Å². The standard InChI is InChI=1S/C16H27N5O/c1-19-8-4-14(5-9-19)2-3-16(22)20-10-6-15(7-11-20)21-12-17-18-13-21/h12-15H,2-11H2,1H3. The Bertz CT molecular complexity index is 459. The molecule has 2 saturated heterocycles. The maximum Gasteiger partial charge on any atom is 0.222 e. The van der Waals surface area contributed by atoms with Crippen LogP contribution in [0, 0.1) is 5.92 Å². The third kappa shape index (κ3) is 3.85. The summed E-state index contributed by atoms with van der Waals surface area (Å²) in [4.78, 5) is 16.8. The van der Waals surface area contributed by atoms with E-state index in [1.807, 2.05) is 0 Å². The van der Waals surface area contributed by atoms with Gasteiger partial charge in [0.25, 0.3) is 0 Å². The van der Waals surface area contributed by atoms with Crippen LogP contribution in [0.5, 0.6) is 0 Å². The number of carbonyl (C=O) groups is 1. The lowest BCUT2D eigenvalue weighted by atomic mass is 9.92. The van der Waals surface area contributed by atoms with Crippen LogP contribution in [0.3, 0.4) is 0 Å². The molecule has 0 N–H and O–H groups in total. The van der Waals surface area contributed by atoms with E-state index in [0.29, 0.717) is 11.9 Å². The largest absolute Gasteiger partial charge is 0.343 e. The zero-order chi connectivity index (χ0) is 15.4. The fraction of sp³-hybridized carbons (Fsp3) is 0.812. The number of amides is 1. The first-order chi connectivity index (χ1) is 10.7. The van der Waals surface area contributed by atoms with Crippen LogP contribution in [0.25, 0.3) is 0 Å². The fourth-order valence-corrected chi connectivity index (χ4v) is 3.65. The molecule has 6 nitrogen and oxygen atoms in total. The van der Waals surface area contributed by atoms with Crippen LogP contribution >= 0.6 is 0 Å². The molecular weight excluding hydrogens is 278 g/mol. The maximum absolute atomic E-state index is 12.4. The van der Waals surface area contributed by atoms with Crippen molar-refractivity contribution in [2.24, 2.45) is 5.92 Å². The molecular formula is C16H27N5O. The van der Waals surface area contributed by atoms with Gasteiger partial charge in [-0.2, -0.15) is 0 Å². The van der Waals surface area contributed by atoms with E-state index < -0.39 is 0 Å². The van der Waals surface area contributed by atoms with Crippen LogP contribution in [-0.2, 0) is 4.79 Å². The van der Waals surface area contributed by atoms with Gasteiger partial charge in [-0.15, -0.1) is 10.2 Å². The Morgan fingerprint density at radius 1 is 1.05 bits per heavy atom. The molecule has 2 fully saturated rings. The maximum atomic E-state index is 12.4. The van der Waals surface area contributed by atoms with E-state index in [-0.39, 0.29) is 0 Å². The van der Waals surface area contributed by atoms with E-state index >= 15 is 0 Å². The van der Waals surface area contributed by atoms with E-state index in [0.717, 1.165) is 44.7 Å². The minimum Gasteiger partial charge on any atom is -0.343 e. The number of hydrogen-bond acceptors (Lipinski definition) is 4. The van der Waals surface area contributed by atoms with E-state index in [1.54, 1.807) is 12.7 Å². The van der Waals surface area contributed by atoms with Crippen LogP contribution in [0.2, 0.25) is 0 Å². The van der Waals surface area contributed by atoms with Gasteiger partial charge >= 0.3 is 0 Å². The third-order valence-electron chi connectivity index (χ3n) is 5.28. The molecule has 2 aliphatic heterocycles. The van der Waals surface area contributed by atoms with Crippen LogP contribution in [0.15, 0.2) is 12.7 Å². The molecule has 1 amide bonds. The van der Waals surface area contributed by atoms with Gasteiger partial charge < -0.3 is 14.4 Å². The van der Waals surface area contributed by atoms with Crippen molar-refractivity contribution in [1.82, 2.24) is 24.6 Å². The van der Waals surface area contributed by atoms with Gasteiger partial charge in [0.05, 0.1) is 0 Å². The lowest BCUT2D eigenvalue weighted by molar-refractivity contribution is -0.132. The molecule has 0 spiro atoms. The first-order valence-electron chi connectivity index (χ1n) is 8.53. The Balaban J connectivity index is 1.38. The second-order valence-corrected chi connectivity index (χ2v) is 6.81. The number of carbonyl (C=O) groups excluding carboxylic acids is 1. The van der Waals surface area contributed by atoms with Gasteiger partial charge in [0.15, 0.2) is 0 Å². The van der Waals surface area contributed by atoms with Crippen LogP contribution in [0.1, 0.15) is 44.6 Å². The summed E-state index contributed by atoms with van der Waals surface area (Å²) >= 11 is 0. The lowest BCUT2D eigenvalue weighted by Gasteiger charge is -2.33. The number of rotatable bonds is 4. The van der Waals surface area contributed by atoms with Crippen molar-refractivity contribution in [3.8, 4) is 0 Å². The highest BCUT2D eigenvalue weighted by Crippen LogP contribution is 2.24. The molecule has 0 unspecified atom stereocenters. The van der Waals surface area contributed by atoms with Crippen LogP contribution in [0.4, 0.5) is 0 Å². The Morgan fingerprint density at radius 3 is 2.32 bits per heavy atom. The van der Waals surface area contributed by atoms with Crippen molar-refractivity contribution in [2.45, 2.75) is 44.6 Å².